The van der Waals surface area contributed by atoms with Crippen LogP contribution in [0.25, 0.3) is 71.8 Å². The molecule has 6 heteroatoms. The molecule has 10 aromatic rings. The second-order valence-corrected chi connectivity index (χ2v) is 15.0. The van der Waals surface area contributed by atoms with E-state index < -0.39 is 0 Å². The summed E-state index contributed by atoms with van der Waals surface area (Å²) < 4.78 is 2.21. The molecule has 8 aromatic carbocycles. The molecule has 0 aliphatic carbocycles. The first kappa shape index (κ1) is 31.2. The Kier molecular flexibility index (Phi) is 7.12. The van der Waals surface area contributed by atoms with Crippen molar-refractivity contribution in [1.29, 1.82) is 0 Å². The van der Waals surface area contributed by atoms with Gasteiger partial charge in [0, 0.05) is 36.9 Å². The molecular formula is C48H29ClN4S. The molecule has 0 spiro atoms. The van der Waals surface area contributed by atoms with Gasteiger partial charge in [-0.15, -0.1) is 0 Å². The highest BCUT2D eigenvalue weighted by atomic mass is 35.5. The fourth-order valence-corrected chi connectivity index (χ4v) is 9.44. The Hall–Kier alpha value is -6.40. The summed E-state index contributed by atoms with van der Waals surface area (Å²) in [5.74, 6) is 0.655. The average molecular weight is 729 g/mol. The fraction of sp³-hybridized carbons (Fsp3) is 0. The molecule has 0 N–H and O–H groups in total. The van der Waals surface area contributed by atoms with Gasteiger partial charge in [0.25, 0.3) is 0 Å². The predicted molar refractivity (Wildman–Crippen MR) is 226 cm³/mol. The number of para-hydroxylation sites is 3. The number of benzene rings is 8. The summed E-state index contributed by atoms with van der Waals surface area (Å²) in [4.78, 5) is 15.0. The largest absolute Gasteiger partial charge is 0.306 e. The van der Waals surface area contributed by atoms with Crippen molar-refractivity contribution in [3.05, 3.63) is 181 Å². The lowest BCUT2D eigenvalue weighted by molar-refractivity contribution is 1.01. The fourth-order valence-electron chi connectivity index (χ4n) is 8.00. The summed E-state index contributed by atoms with van der Waals surface area (Å²) in [6, 6.07) is 61.9. The summed E-state index contributed by atoms with van der Waals surface area (Å²) in [5.41, 5.74) is 10.6. The smallest absolute Gasteiger partial charge is 0.235 e. The summed E-state index contributed by atoms with van der Waals surface area (Å²) in [7, 11) is 0. The van der Waals surface area contributed by atoms with Crippen LogP contribution in [0.3, 0.4) is 0 Å². The Labute approximate surface area is 320 Å². The molecular weight excluding hydrogens is 700 g/mol. The van der Waals surface area contributed by atoms with Crippen molar-refractivity contribution in [1.82, 2.24) is 14.5 Å². The number of rotatable bonds is 4. The third-order valence-electron chi connectivity index (χ3n) is 10.4. The van der Waals surface area contributed by atoms with Crippen molar-refractivity contribution in [2.45, 2.75) is 9.79 Å². The first-order valence-electron chi connectivity index (χ1n) is 17.9. The number of hydrogen-bond donors (Lipinski definition) is 0. The van der Waals surface area contributed by atoms with Gasteiger partial charge in [0.15, 0.2) is 0 Å². The van der Waals surface area contributed by atoms with Crippen molar-refractivity contribution in [3.8, 4) is 28.3 Å². The molecule has 0 saturated heterocycles. The number of nitrogens with zero attached hydrogens (tertiary/aromatic N) is 4. The monoisotopic (exact) mass is 728 g/mol. The zero-order valence-corrected chi connectivity index (χ0v) is 30.4. The van der Waals surface area contributed by atoms with Gasteiger partial charge < -0.3 is 4.90 Å². The summed E-state index contributed by atoms with van der Waals surface area (Å²) >= 11 is 8.75. The molecule has 0 saturated carbocycles. The number of fused-ring (bicyclic) bond motifs is 7. The van der Waals surface area contributed by atoms with Gasteiger partial charge in [-0.2, -0.15) is 0 Å². The maximum absolute atomic E-state index is 6.98. The molecule has 11 rings (SSSR count). The van der Waals surface area contributed by atoms with E-state index >= 15 is 0 Å². The lowest BCUT2D eigenvalue weighted by Crippen LogP contribution is -2.15. The van der Waals surface area contributed by atoms with Crippen LogP contribution >= 0.6 is 23.4 Å². The normalized spacial score (nSPS) is 12.4. The molecule has 0 atom stereocenters. The van der Waals surface area contributed by atoms with Crippen LogP contribution in [0.5, 0.6) is 0 Å². The van der Waals surface area contributed by atoms with Crippen LogP contribution in [-0.2, 0) is 0 Å². The number of anilines is 3. The van der Waals surface area contributed by atoms with Gasteiger partial charge in [0.1, 0.15) is 0 Å². The molecule has 254 valence electrons. The molecule has 54 heavy (non-hydrogen) atoms. The second kappa shape index (κ2) is 12.3. The molecule has 0 unspecified atom stereocenters. The Morgan fingerprint density at radius 3 is 2.07 bits per heavy atom. The minimum Gasteiger partial charge on any atom is -0.306 e. The van der Waals surface area contributed by atoms with E-state index in [4.69, 9.17) is 21.6 Å². The average Bonchev–Trinajstić information content (AvgIpc) is 3.56. The maximum Gasteiger partial charge on any atom is 0.235 e. The van der Waals surface area contributed by atoms with Crippen LogP contribution in [0.2, 0.25) is 5.02 Å². The van der Waals surface area contributed by atoms with Crippen molar-refractivity contribution >= 4 is 83.9 Å². The first-order valence-corrected chi connectivity index (χ1v) is 19.1. The maximum atomic E-state index is 6.98. The van der Waals surface area contributed by atoms with Gasteiger partial charge in [-0.1, -0.05) is 145 Å². The van der Waals surface area contributed by atoms with Gasteiger partial charge >= 0.3 is 0 Å². The Bertz CT molecular complexity index is 3110. The third kappa shape index (κ3) is 4.86. The van der Waals surface area contributed by atoms with E-state index in [9.17, 15) is 0 Å². The Balaban J connectivity index is 1.08. The molecule has 4 nitrogen and oxygen atoms in total. The van der Waals surface area contributed by atoms with Crippen LogP contribution < -0.4 is 4.90 Å². The lowest BCUT2D eigenvalue weighted by Gasteiger charge is -2.34. The highest BCUT2D eigenvalue weighted by Crippen LogP contribution is 2.55. The van der Waals surface area contributed by atoms with Gasteiger partial charge in [-0.05, 0) is 71.1 Å². The van der Waals surface area contributed by atoms with E-state index in [1.54, 1.807) is 11.8 Å². The van der Waals surface area contributed by atoms with E-state index in [-0.39, 0.29) is 0 Å². The molecule has 2 aromatic heterocycles. The molecule has 0 amide bonds. The molecule has 0 radical (unpaired) electrons. The third-order valence-corrected chi connectivity index (χ3v) is 11.8. The van der Waals surface area contributed by atoms with E-state index in [2.05, 4.69) is 155 Å². The second-order valence-electron chi connectivity index (χ2n) is 13.5. The van der Waals surface area contributed by atoms with Crippen molar-refractivity contribution in [2.75, 3.05) is 4.90 Å². The van der Waals surface area contributed by atoms with Crippen LogP contribution in [0, 0.1) is 0 Å². The lowest BCUT2D eigenvalue weighted by atomic mass is 10.0. The van der Waals surface area contributed by atoms with Crippen molar-refractivity contribution < 1.29 is 0 Å². The van der Waals surface area contributed by atoms with Crippen molar-refractivity contribution in [2.24, 2.45) is 0 Å². The zero-order chi connectivity index (χ0) is 35.8. The van der Waals surface area contributed by atoms with Crippen LogP contribution in [0.15, 0.2) is 186 Å². The molecule has 1 aliphatic rings. The first-order chi connectivity index (χ1) is 26.7. The molecule has 3 heterocycles. The van der Waals surface area contributed by atoms with Gasteiger partial charge in [-0.25, -0.2) is 9.97 Å². The van der Waals surface area contributed by atoms with Gasteiger partial charge in [0.2, 0.25) is 5.95 Å². The van der Waals surface area contributed by atoms with Gasteiger partial charge in [-0.3, -0.25) is 4.57 Å². The van der Waals surface area contributed by atoms with Crippen LogP contribution in [0.1, 0.15) is 0 Å². The van der Waals surface area contributed by atoms with Crippen LogP contribution in [0.4, 0.5) is 17.1 Å². The zero-order valence-electron chi connectivity index (χ0n) is 28.8. The molecule has 0 bridgehead atoms. The highest BCUT2D eigenvalue weighted by molar-refractivity contribution is 7.99. The van der Waals surface area contributed by atoms with E-state index in [0.717, 1.165) is 82.1 Å². The van der Waals surface area contributed by atoms with E-state index in [0.29, 0.717) is 5.95 Å². The standard InChI is InChI=1S/C48H29ClN4S/c49-38-19-11-23-44-47(38)52(40-22-10-15-30-12-4-5-16-34(30)40)43-27-25-33(29-45(43)54-44)32-24-26-42-37(28-32)35-17-7-9-21-41(35)53(42)48-50-39-20-8-6-18-36(39)46(51-48)31-13-2-1-3-14-31/h1-29H. The van der Waals surface area contributed by atoms with E-state index in [1.165, 1.54) is 15.7 Å². The summed E-state index contributed by atoms with van der Waals surface area (Å²) in [6.07, 6.45) is 0. The number of halogens is 1. The minimum absolute atomic E-state index is 0.655. The Morgan fingerprint density at radius 1 is 0.463 bits per heavy atom. The van der Waals surface area contributed by atoms with E-state index in [1.807, 2.05) is 30.3 Å². The quantitative estimate of drug-likeness (QED) is 0.181. The summed E-state index contributed by atoms with van der Waals surface area (Å²) in [6.45, 7) is 0. The minimum atomic E-state index is 0.655. The van der Waals surface area contributed by atoms with Gasteiger partial charge in [0.05, 0.1) is 44.3 Å². The SMILES string of the molecule is Clc1cccc2c1N(c1cccc3ccccc13)c1ccc(-c3ccc4c(c3)c3ccccc3n4-c3nc(-c4ccccc4)c4ccccc4n3)cc1S2. The molecule has 0 fully saturated rings. The predicted octanol–water partition coefficient (Wildman–Crippen LogP) is 13.8. The summed E-state index contributed by atoms with van der Waals surface area (Å²) in [5, 5.41) is 6.45. The van der Waals surface area contributed by atoms with Crippen LogP contribution in [-0.4, -0.2) is 14.5 Å². The number of aromatic nitrogens is 3. The Morgan fingerprint density at radius 2 is 1.17 bits per heavy atom. The molecule has 1 aliphatic heterocycles. The topological polar surface area (TPSA) is 34.0 Å². The van der Waals surface area contributed by atoms with Crippen molar-refractivity contribution in [3.63, 3.8) is 0 Å². The highest BCUT2D eigenvalue weighted by Gasteiger charge is 2.28. The number of hydrogen-bond acceptors (Lipinski definition) is 4.